The van der Waals surface area contributed by atoms with Gasteiger partial charge in [-0.25, -0.2) is 9.55 Å². The molecule has 8 heteroatoms. The first-order valence-corrected chi connectivity index (χ1v) is 7.98. The van der Waals surface area contributed by atoms with Crippen molar-refractivity contribution in [3.63, 3.8) is 0 Å². The highest BCUT2D eigenvalue weighted by atomic mass is 79.9. The summed E-state index contributed by atoms with van der Waals surface area (Å²) >= 11 is 4.87. The van der Waals surface area contributed by atoms with E-state index in [2.05, 4.69) is 20.9 Å². The Balaban J connectivity index is 1.96. The summed E-state index contributed by atoms with van der Waals surface area (Å²) in [7, 11) is 0. The van der Waals surface area contributed by atoms with Gasteiger partial charge in [-0.1, -0.05) is 15.9 Å². The normalized spacial score (nSPS) is 12.3. The second-order valence-electron chi connectivity index (χ2n) is 4.45. The van der Waals surface area contributed by atoms with Crippen molar-refractivity contribution in [3.8, 4) is 0 Å². The summed E-state index contributed by atoms with van der Waals surface area (Å²) in [5.74, 6) is 0.880. The molecule has 112 valence electrons. The third-order valence-electron chi connectivity index (χ3n) is 2.87. The number of aliphatic hydroxyl groups is 1. The molecular formula is C13H14BrN3O3S. The van der Waals surface area contributed by atoms with Gasteiger partial charge in [0.05, 0.1) is 0 Å². The molecule has 0 amide bonds. The highest BCUT2D eigenvalue weighted by molar-refractivity contribution is 9.10. The van der Waals surface area contributed by atoms with Gasteiger partial charge < -0.3 is 15.2 Å². The van der Waals surface area contributed by atoms with E-state index in [1.807, 2.05) is 24.3 Å². The minimum atomic E-state index is -0.690. The Kier molecular flexibility index (Phi) is 5.38. The number of aliphatic hydroxyl groups excluding tert-OH is 1. The van der Waals surface area contributed by atoms with Crippen LogP contribution >= 0.6 is 27.7 Å². The summed E-state index contributed by atoms with van der Waals surface area (Å²) in [6, 6.07) is 7.76. The maximum atomic E-state index is 10.9. The summed E-state index contributed by atoms with van der Waals surface area (Å²) in [5.41, 5.74) is 0. The van der Waals surface area contributed by atoms with Crippen molar-refractivity contribution < 1.29 is 10.0 Å². The van der Waals surface area contributed by atoms with E-state index in [0.717, 1.165) is 9.37 Å². The van der Waals surface area contributed by atoms with E-state index in [1.165, 1.54) is 22.5 Å². The third kappa shape index (κ3) is 4.29. The maximum absolute atomic E-state index is 10.9. The fourth-order valence-corrected chi connectivity index (χ4v) is 2.90. The van der Waals surface area contributed by atoms with Crippen LogP contribution in [-0.4, -0.2) is 31.4 Å². The Morgan fingerprint density at radius 3 is 2.76 bits per heavy atom. The molecule has 0 aliphatic rings. The van der Waals surface area contributed by atoms with E-state index >= 15 is 0 Å². The zero-order valence-electron chi connectivity index (χ0n) is 11.3. The van der Waals surface area contributed by atoms with Gasteiger partial charge in [0.2, 0.25) is 0 Å². The molecule has 1 aromatic heterocycles. The van der Waals surface area contributed by atoms with Crippen molar-refractivity contribution in [1.29, 1.82) is 0 Å². The van der Waals surface area contributed by atoms with E-state index in [4.69, 9.17) is 0 Å². The summed E-state index contributed by atoms with van der Waals surface area (Å²) in [5, 5.41) is 20.9. The smallest absolute Gasteiger partial charge is 0.342 e. The largest absolute Gasteiger partial charge is 0.388 e. The van der Waals surface area contributed by atoms with Crippen molar-refractivity contribution in [2.24, 2.45) is 0 Å². The van der Waals surface area contributed by atoms with Gasteiger partial charge in [0.15, 0.2) is 5.82 Å². The first-order valence-electron chi connectivity index (χ1n) is 6.20. The molecule has 0 spiro atoms. The number of nitrogens with zero attached hydrogens (tertiary/aromatic N) is 3. The van der Waals surface area contributed by atoms with Gasteiger partial charge in [0.1, 0.15) is 18.8 Å². The van der Waals surface area contributed by atoms with Crippen LogP contribution < -0.4 is 0 Å². The Morgan fingerprint density at radius 1 is 1.48 bits per heavy atom. The number of thioether (sulfide) groups is 1. The number of hydrogen-bond donors (Lipinski definition) is 1. The van der Waals surface area contributed by atoms with Crippen LogP contribution in [-0.2, 0) is 6.54 Å². The van der Waals surface area contributed by atoms with E-state index in [1.54, 1.807) is 6.92 Å². The second kappa shape index (κ2) is 7.06. The molecule has 1 atom stereocenters. The van der Waals surface area contributed by atoms with Gasteiger partial charge in [-0.15, -0.1) is 11.8 Å². The van der Waals surface area contributed by atoms with Crippen molar-refractivity contribution in [2.75, 3.05) is 5.75 Å². The van der Waals surface area contributed by atoms with Gasteiger partial charge in [0.25, 0.3) is 0 Å². The quantitative estimate of drug-likeness (QED) is 0.479. The number of benzene rings is 1. The Morgan fingerprint density at radius 2 is 2.14 bits per heavy atom. The number of imidazole rings is 1. The van der Waals surface area contributed by atoms with Crippen LogP contribution in [0.3, 0.4) is 0 Å². The number of nitro groups is 1. The predicted molar refractivity (Wildman–Crippen MR) is 84.5 cm³/mol. The average molecular weight is 372 g/mol. The van der Waals surface area contributed by atoms with Crippen LogP contribution in [0.2, 0.25) is 0 Å². The number of rotatable bonds is 6. The fraction of sp³-hybridized carbons (Fsp3) is 0.308. The van der Waals surface area contributed by atoms with Crippen LogP contribution in [0.1, 0.15) is 5.82 Å². The zero-order valence-corrected chi connectivity index (χ0v) is 13.7. The molecule has 0 aliphatic carbocycles. The van der Waals surface area contributed by atoms with E-state index in [0.29, 0.717) is 11.6 Å². The molecule has 1 aromatic carbocycles. The molecule has 0 radical (unpaired) electrons. The molecule has 0 aliphatic heterocycles. The van der Waals surface area contributed by atoms with E-state index in [-0.39, 0.29) is 12.4 Å². The number of halogens is 1. The number of aryl methyl sites for hydroxylation is 1. The minimum Gasteiger partial charge on any atom is -0.388 e. The van der Waals surface area contributed by atoms with Gasteiger partial charge >= 0.3 is 5.82 Å². The van der Waals surface area contributed by atoms with Crippen LogP contribution in [0.15, 0.2) is 39.8 Å². The van der Waals surface area contributed by atoms with Gasteiger partial charge in [-0.05, 0) is 29.2 Å². The van der Waals surface area contributed by atoms with Crippen LogP contribution in [0.4, 0.5) is 5.82 Å². The molecular weight excluding hydrogens is 358 g/mol. The molecule has 0 bridgehead atoms. The first-order chi connectivity index (χ1) is 9.97. The minimum absolute atomic E-state index is 0.0970. The van der Waals surface area contributed by atoms with Crippen molar-refractivity contribution in [1.82, 2.24) is 9.55 Å². The van der Waals surface area contributed by atoms with Crippen LogP contribution in [0.25, 0.3) is 0 Å². The molecule has 1 N–H and O–H groups in total. The van der Waals surface area contributed by atoms with Gasteiger partial charge in [-0.2, -0.15) is 0 Å². The molecule has 0 saturated carbocycles. The lowest BCUT2D eigenvalue weighted by Crippen LogP contribution is -2.20. The average Bonchev–Trinajstić information content (AvgIpc) is 2.80. The first kappa shape index (κ1) is 16.0. The summed E-state index contributed by atoms with van der Waals surface area (Å²) < 4.78 is 2.42. The molecule has 21 heavy (non-hydrogen) atoms. The highest BCUT2D eigenvalue weighted by Crippen LogP contribution is 2.22. The molecule has 2 aromatic rings. The molecule has 6 nitrogen and oxygen atoms in total. The Bertz CT molecular complexity index is 630. The molecule has 1 heterocycles. The summed E-state index contributed by atoms with van der Waals surface area (Å²) in [6.07, 6.45) is 0.523. The van der Waals surface area contributed by atoms with E-state index in [9.17, 15) is 15.2 Å². The van der Waals surface area contributed by atoms with E-state index < -0.39 is 11.0 Å². The summed E-state index contributed by atoms with van der Waals surface area (Å²) in [4.78, 5) is 15.3. The molecule has 0 saturated heterocycles. The third-order valence-corrected chi connectivity index (χ3v) is 4.56. The predicted octanol–water partition coefficient (Wildman–Crippen LogP) is 3.02. The van der Waals surface area contributed by atoms with Crippen LogP contribution in [0, 0.1) is 17.0 Å². The maximum Gasteiger partial charge on any atom is 0.342 e. The standard InChI is InChI=1S/C13H14BrN3O3S/c1-9-15-6-13(17(19)20)16(9)7-11(18)8-21-12-4-2-10(14)3-5-12/h2-6,11,18H,7-8H2,1H3. The summed E-state index contributed by atoms with van der Waals surface area (Å²) in [6.45, 7) is 1.84. The van der Waals surface area contributed by atoms with Crippen molar-refractivity contribution >= 4 is 33.5 Å². The fourth-order valence-electron chi connectivity index (χ4n) is 1.81. The second-order valence-corrected chi connectivity index (χ2v) is 6.46. The van der Waals surface area contributed by atoms with Crippen LogP contribution in [0.5, 0.6) is 0 Å². The monoisotopic (exact) mass is 371 g/mol. The Hall–Kier alpha value is -1.38. The van der Waals surface area contributed by atoms with Gasteiger partial charge in [-0.3, -0.25) is 0 Å². The van der Waals surface area contributed by atoms with Crippen molar-refractivity contribution in [3.05, 3.63) is 50.9 Å². The number of hydrogen-bond acceptors (Lipinski definition) is 5. The van der Waals surface area contributed by atoms with Crippen molar-refractivity contribution in [2.45, 2.75) is 24.5 Å². The Labute approximate surface area is 134 Å². The lowest BCUT2D eigenvalue weighted by atomic mass is 10.4. The zero-order chi connectivity index (χ0) is 15.4. The molecule has 0 fully saturated rings. The molecule has 2 rings (SSSR count). The number of aromatic nitrogens is 2. The highest BCUT2D eigenvalue weighted by Gasteiger charge is 2.20. The topological polar surface area (TPSA) is 81.2 Å². The van der Waals surface area contributed by atoms with Gasteiger partial charge in [0, 0.05) is 22.0 Å². The lowest BCUT2D eigenvalue weighted by molar-refractivity contribution is -0.392. The lowest BCUT2D eigenvalue weighted by Gasteiger charge is -2.10. The molecule has 1 unspecified atom stereocenters. The SMILES string of the molecule is Cc1ncc([N+](=O)[O-])n1CC(O)CSc1ccc(Br)cc1.